The van der Waals surface area contributed by atoms with Crippen LogP contribution in [-0.4, -0.2) is 40.8 Å². The van der Waals surface area contributed by atoms with Crippen LogP contribution in [0.4, 0.5) is 20.7 Å². The van der Waals surface area contributed by atoms with Crippen LogP contribution in [0.5, 0.6) is 0 Å². The van der Waals surface area contributed by atoms with E-state index in [1.807, 2.05) is 39.8 Å². The molecule has 2 amide bonds. The number of aromatic nitrogens is 2. The number of hydrogen-bond acceptors (Lipinski definition) is 5. The van der Waals surface area contributed by atoms with E-state index < -0.39 is 18.0 Å². The summed E-state index contributed by atoms with van der Waals surface area (Å²) in [4.78, 5) is 21.2. The molecule has 0 aliphatic heterocycles. The third-order valence-corrected chi connectivity index (χ3v) is 5.24. The molecule has 164 valence electrons. The average Bonchev–Trinajstić information content (AvgIpc) is 2.73. The van der Waals surface area contributed by atoms with Gasteiger partial charge in [0, 0.05) is 42.5 Å². The van der Waals surface area contributed by atoms with Crippen LogP contribution in [-0.2, 0) is 0 Å². The molecule has 3 rings (SSSR count). The molecule has 1 aromatic carbocycles. The predicted molar refractivity (Wildman–Crippen MR) is 122 cm³/mol. The molecule has 1 atom stereocenters. The molecule has 0 spiro atoms. The minimum Gasteiger partial charge on any atom is -0.391 e. The molecule has 2 aromatic heterocycles. The molecular weight excluding hydrogens is 397 g/mol. The zero-order valence-electron chi connectivity index (χ0n) is 18.4. The zero-order chi connectivity index (χ0) is 22.7. The Morgan fingerprint density at radius 3 is 2.58 bits per heavy atom. The Bertz CT molecular complexity index is 1120. The Balaban J connectivity index is 1.92. The summed E-state index contributed by atoms with van der Waals surface area (Å²) < 4.78 is 14.5. The fraction of sp³-hybridized carbons (Fsp3) is 0.348. The van der Waals surface area contributed by atoms with Crippen molar-refractivity contribution >= 4 is 28.4 Å². The quantitative estimate of drug-likeness (QED) is 0.474. The van der Waals surface area contributed by atoms with E-state index in [1.165, 1.54) is 6.07 Å². The van der Waals surface area contributed by atoms with Crippen molar-refractivity contribution in [3.63, 3.8) is 0 Å². The number of aryl methyl sites for hydroxylation is 2. The van der Waals surface area contributed by atoms with Crippen LogP contribution in [0.1, 0.15) is 25.1 Å². The molecule has 7 nitrogen and oxygen atoms in total. The van der Waals surface area contributed by atoms with Gasteiger partial charge in [-0.15, -0.1) is 0 Å². The van der Waals surface area contributed by atoms with Gasteiger partial charge in [-0.1, -0.05) is 13.8 Å². The number of rotatable bonds is 6. The molecule has 8 heteroatoms. The second kappa shape index (κ2) is 9.26. The van der Waals surface area contributed by atoms with Crippen LogP contribution in [0.15, 0.2) is 30.5 Å². The molecule has 0 saturated heterocycles. The van der Waals surface area contributed by atoms with Crippen LogP contribution in [0.25, 0.3) is 22.0 Å². The largest absolute Gasteiger partial charge is 0.391 e. The lowest BCUT2D eigenvalue weighted by molar-refractivity contribution is 0.126. The van der Waals surface area contributed by atoms with Gasteiger partial charge >= 0.3 is 6.03 Å². The van der Waals surface area contributed by atoms with E-state index in [4.69, 9.17) is 0 Å². The Labute approximate surface area is 181 Å². The fourth-order valence-electron chi connectivity index (χ4n) is 3.23. The van der Waals surface area contributed by atoms with E-state index in [0.717, 1.165) is 39.1 Å². The van der Waals surface area contributed by atoms with Crippen molar-refractivity contribution < 1.29 is 14.3 Å². The molecule has 4 N–H and O–H groups in total. The zero-order valence-corrected chi connectivity index (χ0v) is 18.4. The van der Waals surface area contributed by atoms with E-state index in [9.17, 15) is 14.3 Å². The van der Waals surface area contributed by atoms with Crippen molar-refractivity contribution in [3.05, 3.63) is 47.5 Å². The number of aliphatic hydroxyl groups excluding tert-OH is 1. The Kier molecular flexibility index (Phi) is 6.70. The summed E-state index contributed by atoms with van der Waals surface area (Å²) in [5.74, 6) is 0.197. The van der Waals surface area contributed by atoms with Crippen LogP contribution < -0.4 is 16.0 Å². The third-order valence-electron chi connectivity index (χ3n) is 5.24. The molecule has 1 unspecified atom stereocenters. The molecular formula is C23H28FN5O2. The maximum absolute atomic E-state index is 14.5. The van der Waals surface area contributed by atoms with E-state index in [1.54, 1.807) is 19.3 Å². The average molecular weight is 426 g/mol. The first-order chi connectivity index (χ1) is 14.7. The van der Waals surface area contributed by atoms with Crippen LogP contribution >= 0.6 is 0 Å². The van der Waals surface area contributed by atoms with Crippen molar-refractivity contribution in [1.82, 2.24) is 15.3 Å². The van der Waals surface area contributed by atoms with E-state index in [2.05, 4.69) is 25.9 Å². The van der Waals surface area contributed by atoms with Crippen molar-refractivity contribution in [2.75, 3.05) is 24.2 Å². The van der Waals surface area contributed by atoms with Gasteiger partial charge in [0.05, 0.1) is 17.3 Å². The van der Waals surface area contributed by atoms with Gasteiger partial charge in [0.15, 0.2) is 0 Å². The first-order valence-corrected chi connectivity index (χ1v) is 10.2. The van der Waals surface area contributed by atoms with E-state index in [-0.39, 0.29) is 18.2 Å². The van der Waals surface area contributed by atoms with Gasteiger partial charge in [-0.05, 0) is 49.1 Å². The summed E-state index contributed by atoms with van der Waals surface area (Å²) >= 11 is 0. The summed E-state index contributed by atoms with van der Waals surface area (Å²) in [5, 5.41) is 18.8. The highest BCUT2D eigenvalue weighted by molar-refractivity contribution is 5.92. The summed E-state index contributed by atoms with van der Waals surface area (Å²) in [6.07, 6.45) is 1.07. The molecule has 0 bridgehead atoms. The number of carbonyl (C=O) groups is 1. The van der Waals surface area contributed by atoms with E-state index >= 15 is 0 Å². The van der Waals surface area contributed by atoms with Gasteiger partial charge in [0.2, 0.25) is 0 Å². The number of nitrogens with zero attached hydrogens (tertiary/aromatic N) is 2. The van der Waals surface area contributed by atoms with Crippen LogP contribution in [0.2, 0.25) is 0 Å². The van der Waals surface area contributed by atoms with Crippen molar-refractivity contribution in [1.29, 1.82) is 0 Å². The minimum absolute atomic E-state index is 0.00469. The number of fused-ring (bicyclic) bond motifs is 1. The maximum Gasteiger partial charge on any atom is 0.319 e. The Hall–Kier alpha value is -3.26. The molecule has 0 aliphatic carbocycles. The van der Waals surface area contributed by atoms with Crippen molar-refractivity contribution in [2.24, 2.45) is 5.92 Å². The monoisotopic (exact) mass is 425 g/mol. The number of benzene rings is 1. The maximum atomic E-state index is 14.5. The number of carbonyl (C=O) groups excluding carboxylic acids is 1. The molecule has 2 heterocycles. The number of nitrogens with one attached hydrogen (secondary N) is 3. The predicted octanol–water partition coefficient (Wildman–Crippen LogP) is 4.23. The number of urea groups is 1. The number of amides is 2. The lowest BCUT2D eigenvalue weighted by atomic mass is 9.97. The molecule has 0 radical (unpaired) electrons. The summed E-state index contributed by atoms with van der Waals surface area (Å²) in [6, 6.07) is 6.25. The van der Waals surface area contributed by atoms with E-state index in [0.29, 0.717) is 0 Å². The highest BCUT2D eigenvalue weighted by Gasteiger charge is 2.16. The first kappa shape index (κ1) is 22.4. The van der Waals surface area contributed by atoms with Crippen molar-refractivity contribution in [3.8, 4) is 11.1 Å². The molecule has 3 aromatic rings. The van der Waals surface area contributed by atoms with Gasteiger partial charge in [-0.25, -0.2) is 14.2 Å². The molecule has 31 heavy (non-hydrogen) atoms. The molecule has 0 saturated carbocycles. The lowest BCUT2D eigenvalue weighted by Crippen LogP contribution is -2.37. The van der Waals surface area contributed by atoms with Gasteiger partial charge in [-0.2, -0.15) is 0 Å². The lowest BCUT2D eigenvalue weighted by Gasteiger charge is -2.17. The third kappa shape index (κ3) is 5.08. The minimum atomic E-state index is -0.674. The highest BCUT2D eigenvalue weighted by Crippen LogP contribution is 2.32. The number of halogens is 1. The molecule has 0 aliphatic rings. The number of pyridine rings is 2. The number of hydrogen-bond donors (Lipinski definition) is 4. The topological polar surface area (TPSA) is 99.2 Å². The normalized spacial score (nSPS) is 12.1. The Morgan fingerprint density at radius 2 is 1.90 bits per heavy atom. The van der Waals surface area contributed by atoms with Crippen LogP contribution in [0.3, 0.4) is 0 Å². The summed E-state index contributed by atoms with van der Waals surface area (Å²) in [6.45, 7) is 7.49. The highest BCUT2D eigenvalue weighted by atomic mass is 19.1. The smallest absolute Gasteiger partial charge is 0.319 e. The van der Waals surface area contributed by atoms with Crippen molar-refractivity contribution in [2.45, 2.75) is 33.8 Å². The number of anilines is 2. The van der Waals surface area contributed by atoms with Gasteiger partial charge in [0.1, 0.15) is 11.6 Å². The van der Waals surface area contributed by atoms with Gasteiger partial charge in [0.25, 0.3) is 0 Å². The SMILES string of the molecule is CNc1cc2nc(C)c(-c3cc(NC(=O)NCC(O)C(C)C)c(F)cc3C)cc2cn1. The Morgan fingerprint density at radius 1 is 1.16 bits per heavy atom. The molecule has 0 fully saturated rings. The second-order valence-corrected chi connectivity index (χ2v) is 7.93. The summed E-state index contributed by atoms with van der Waals surface area (Å²) in [7, 11) is 1.80. The van der Waals surface area contributed by atoms with Crippen LogP contribution in [0, 0.1) is 25.6 Å². The fourth-order valence-corrected chi connectivity index (χ4v) is 3.23. The van der Waals surface area contributed by atoms with Gasteiger partial charge in [-0.3, -0.25) is 4.98 Å². The standard InChI is InChI=1S/C23H28FN5O2/c1-12(2)21(30)11-27-23(31)29-20-8-16(13(3)6-18(20)24)17-7-15-10-26-22(25-5)9-19(15)28-14(17)4/h6-10,12,21,30H,11H2,1-5H3,(H,25,26)(H2,27,29,31). The van der Waals surface area contributed by atoms with Gasteiger partial charge < -0.3 is 21.1 Å². The first-order valence-electron chi connectivity index (χ1n) is 10.2. The summed E-state index contributed by atoms with van der Waals surface area (Å²) in [5.41, 5.74) is 3.97. The number of aliphatic hydroxyl groups is 1. The second-order valence-electron chi connectivity index (χ2n) is 7.93.